The van der Waals surface area contributed by atoms with Gasteiger partial charge in [0.15, 0.2) is 12.2 Å². The summed E-state index contributed by atoms with van der Waals surface area (Å²) in [6.07, 6.45) is 58.2. The number of aliphatic hydroxyl groups excluding tert-OH is 1. The maximum Gasteiger partial charge on any atom is 0.472 e. The van der Waals surface area contributed by atoms with Gasteiger partial charge in [-0.25, -0.2) is 9.13 Å². The molecule has 0 aliphatic rings. The van der Waals surface area contributed by atoms with Crippen LogP contribution in [0.1, 0.15) is 408 Å². The Morgan fingerprint density at radius 2 is 0.474 bits per heavy atom. The lowest BCUT2D eigenvalue weighted by atomic mass is 10.0. The monoisotopic (exact) mass is 1420 g/mol. The highest BCUT2D eigenvalue weighted by Gasteiger charge is 2.30. The first-order chi connectivity index (χ1) is 46.9. The number of hydrogen-bond donors (Lipinski definition) is 3. The molecule has 0 rings (SSSR count). The number of phosphoric acid groups is 2. The van der Waals surface area contributed by atoms with Gasteiger partial charge in [-0.15, -0.1) is 0 Å². The molecule has 0 radical (unpaired) electrons. The molecule has 3 N–H and O–H groups in total. The molecule has 0 aromatic rings. The highest BCUT2D eigenvalue weighted by molar-refractivity contribution is 7.47. The standard InChI is InChI=1S/C78H152O17P2/c1-7-9-11-13-15-17-19-21-22-23-24-25-27-31-38-45-51-57-63-78(83)94-73(66-88-75(80)60-54-48-42-36-32-28-29-34-40-46-52-58-70(3)4)68-92-96(84,85)90-64-72(79)65-91-97(86,87)93-69-74(67-89-76(81)61-55-49-43-39-33-35-41-47-53-59-71(5)6)95-77(82)62-56-50-44-37-30-26-20-18-16-14-12-10-8-2/h70-74,79H,7-69H2,1-6H3,(H,84,85)(H,86,87)/t72-,73-,74-/m1/s1. The van der Waals surface area contributed by atoms with Crippen LogP contribution in [0.5, 0.6) is 0 Å². The first-order valence-electron chi connectivity index (χ1n) is 40.5. The Bertz CT molecular complexity index is 1870. The average molecular weight is 1420 g/mol. The number of aliphatic hydroxyl groups is 1. The Morgan fingerprint density at radius 3 is 0.701 bits per heavy atom. The van der Waals surface area contributed by atoms with E-state index >= 15 is 0 Å². The first kappa shape index (κ1) is 95.1. The molecule has 0 saturated carbocycles. The Labute approximate surface area is 594 Å². The molecule has 0 amide bonds. The van der Waals surface area contributed by atoms with E-state index in [4.69, 9.17) is 37.0 Å². The highest BCUT2D eigenvalue weighted by Crippen LogP contribution is 2.45. The van der Waals surface area contributed by atoms with Crippen molar-refractivity contribution in [2.75, 3.05) is 39.6 Å². The number of esters is 4. The second kappa shape index (κ2) is 69.8. The summed E-state index contributed by atoms with van der Waals surface area (Å²) in [4.78, 5) is 72.9. The number of hydrogen-bond acceptors (Lipinski definition) is 15. The molecule has 0 aromatic carbocycles. The molecule has 5 atom stereocenters. The van der Waals surface area contributed by atoms with E-state index in [0.29, 0.717) is 25.7 Å². The Balaban J connectivity index is 5.25. The zero-order valence-corrected chi connectivity index (χ0v) is 65.2. The van der Waals surface area contributed by atoms with E-state index < -0.39 is 97.5 Å². The van der Waals surface area contributed by atoms with Crippen molar-refractivity contribution in [1.29, 1.82) is 0 Å². The third-order valence-electron chi connectivity index (χ3n) is 18.2. The largest absolute Gasteiger partial charge is 0.472 e. The van der Waals surface area contributed by atoms with Gasteiger partial charge in [0.05, 0.1) is 26.4 Å². The van der Waals surface area contributed by atoms with Gasteiger partial charge >= 0.3 is 39.5 Å². The lowest BCUT2D eigenvalue weighted by Crippen LogP contribution is -2.30. The van der Waals surface area contributed by atoms with Gasteiger partial charge in [-0.2, -0.15) is 0 Å². The normalized spacial score (nSPS) is 14.0. The summed E-state index contributed by atoms with van der Waals surface area (Å²) >= 11 is 0. The average Bonchev–Trinajstić information content (AvgIpc) is 1.19. The van der Waals surface area contributed by atoms with Crippen LogP contribution in [-0.2, 0) is 65.4 Å². The number of phosphoric ester groups is 2. The van der Waals surface area contributed by atoms with Crippen molar-refractivity contribution in [3.63, 3.8) is 0 Å². The third kappa shape index (κ3) is 72.2. The highest BCUT2D eigenvalue weighted by atomic mass is 31.2. The first-order valence-corrected chi connectivity index (χ1v) is 43.5. The minimum Gasteiger partial charge on any atom is -0.462 e. The third-order valence-corrected chi connectivity index (χ3v) is 20.1. The number of carbonyl (C=O) groups is 4. The van der Waals surface area contributed by atoms with E-state index in [2.05, 4.69) is 41.5 Å². The lowest BCUT2D eigenvalue weighted by Gasteiger charge is -2.21. The molecule has 0 aliphatic carbocycles. The second-order valence-corrected chi connectivity index (χ2v) is 32.0. The summed E-state index contributed by atoms with van der Waals surface area (Å²) in [7, 11) is -9.92. The van der Waals surface area contributed by atoms with Crippen molar-refractivity contribution in [3.8, 4) is 0 Å². The summed E-state index contributed by atoms with van der Waals surface area (Å²) in [5.74, 6) is -0.596. The van der Waals surface area contributed by atoms with Crippen molar-refractivity contribution in [3.05, 3.63) is 0 Å². The zero-order valence-electron chi connectivity index (χ0n) is 63.4. The summed E-state index contributed by atoms with van der Waals surface area (Å²) in [5.41, 5.74) is 0. The van der Waals surface area contributed by atoms with Crippen LogP contribution in [0.3, 0.4) is 0 Å². The second-order valence-electron chi connectivity index (χ2n) is 29.1. The topological polar surface area (TPSA) is 237 Å². The van der Waals surface area contributed by atoms with Gasteiger partial charge in [-0.1, -0.05) is 356 Å². The van der Waals surface area contributed by atoms with Crippen LogP contribution in [0.2, 0.25) is 0 Å². The summed E-state index contributed by atoms with van der Waals surface area (Å²) in [5, 5.41) is 10.6. The van der Waals surface area contributed by atoms with Crippen LogP contribution in [0.4, 0.5) is 0 Å². The predicted octanol–water partition coefficient (Wildman–Crippen LogP) is 23.1. The van der Waals surface area contributed by atoms with Crippen molar-refractivity contribution in [2.45, 2.75) is 426 Å². The SMILES string of the molecule is CCCCCCCCCCCCCCCCCCCCC(=O)O[C@H](COC(=O)CCCCCCCCCCCCCC(C)C)COP(=O)(O)OC[C@@H](O)COP(=O)(O)OC[C@@H](COC(=O)CCCCCCCCCCCC(C)C)OC(=O)CCCCCCCCCCCCCCC. The molecule has 0 aromatic heterocycles. The maximum atomic E-state index is 13.1. The smallest absolute Gasteiger partial charge is 0.462 e. The van der Waals surface area contributed by atoms with Crippen LogP contribution in [0.15, 0.2) is 0 Å². The molecular formula is C78H152O17P2. The minimum atomic E-state index is -4.96. The Kier molecular flexibility index (Phi) is 68.4. The van der Waals surface area contributed by atoms with Crippen molar-refractivity contribution in [2.24, 2.45) is 11.8 Å². The molecule has 0 aliphatic heterocycles. The summed E-state index contributed by atoms with van der Waals surface area (Å²) < 4.78 is 68.6. The summed E-state index contributed by atoms with van der Waals surface area (Å²) in [6.45, 7) is 9.60. The zero-order chi connectivity index (χ0) is 71.4. The van der Waals surface area contributed by atoms with Gasteiger partial charge in [0, 0.05) is 25.7 Å². The minimum absolute atomic E-state index is 0.107. The molecular weight excluding hydrogens is 1270 g/mol. The number of rotatable bonds is 77. The summed E-state index contributed by atoms with van der Waals surface area (Å²) in [6, 6.07) is 0. The van der Waals surface area contributed by atoms with Crippen molar-refractivity contribution in [1.82, 2.24) is 0 Å². The van der Waals surface area contributed by atoms with E-state index in [1.54, 1.807) is 0 Å². The Morgan fingerprint density at radius 1 is 0.278 bits per heavy atom. The van der Waals surface area contributed by atoms with E-state index in [1.165, 1.54) is 225 Å². The van der Waals surface area contributed by atoms with Gasteiger partial charge in [0.25, 0.3) is 0 Å². The fraction of sp³-hybridized carbons (Fsp3) is 0.949. The molecule has 97 heavy (non-hydrogen) atoms. The van der Waals surface area contributed by atoms with Gasteiger partial charge < -0.3 is 33.8 Å². The fourth-order valence-corrected chi connectivity index (χ4v) is 13.6. The van der Waals surface area contributed by atoms with Crippen LogP contribution in [0, 0.1) is 11.8 Å². The lowest BCUT2D eigenvalue weighted by molar-refractivity contribution is -0.161. The van der Waals surface area contributed by atoms with Crippen LogP contribution < -0.4 is 0 Å². The number of ether oxygens (including phenoxy) is 4. The molecule has 0 spiro atoms. The maximum absolute atomic E-state index is 13.1. The molecule has 0 saturated heterocycles. The van der Waals surface area contributed by atoms with Crippen molar-refractivity contribution >= 4 is 39.5 Å². The molecule has 0 fully saturated rings. The number of unbranched alkanes of at least 4 members (excludes halogenated alkanes) is 47. The fourth-order valence-electron chi connectivity index (χ4n) is 12.0. The van der Waals surface area contributed by atoms with Gasteiger partial charge in [-0.05, 0) is 37.5 Å². The van der Waals surface area contributed by atoms with Crippen LogP contribution >= 0.6 is 15.6 Å². The van der Waals surface area contributed by atoms with E-state index in [1.807, 2.05) is 0 Å². The molecule has 0 heterocycles. The van der Waals surface area contributed by atoms with Gasteiger partial charge in [0.1, 0.15) is 19.3 Å². The van der Waals surface area contributed by atoms with Crippen LogP contribution in [0.25, 0.3) is 0 Å². The Hall–Kier alpha value is -1.94. The quantitative estimate of drug-likeness (QED) is 0.0222. The molecule has 0 bridgehead atoms. The van der Waals surface area contributed by atoms with Gasteiger partial charge in [-0.3, -0.25) is 37.3 Å². The predicted molar refractivity (Wildman–Crippen MR) is 395 cm³/mol. The van der Waals surface area contributed by atoms with E-state index in [0.717, 1.165) is 102 Å². The van der Waals surface area contributed by atoms with Gasteiger partial charge in [0.2, 0.25) is 0 Å². The molecule has 576 valence electrons. The molecule has 17 nitrogen and oxygen atoms in total. The van der Waals surface area contributed by atoms with E-state index in [9.17, 15) is 43.2 Å². The van der Waals surface area contributed by atoms with E-state index in [-0.39, 0.29) is 25.7 Å². The molecule has 19 heteroatoms. The van der Waals surface area contributed by atoms with Crippen molar-refractivity contribution < 1.29 is 80.2 Å². The molecule has 2 unspecified atom stereocenters. The van der Waals surface area contributed by atoms with Crippen LogP contribution in [-0.4, -0.2) is 96.7 Å². The number of carbonyl (C=O) groups excluding carboxylic acids is 4.